The van der Waals surface area contributed by atoms with Gasteiger partial charge >= 0.3 is 0 Å². The molecular weight excluding hydrogens is 222 g/mol. The van der Waals surface area contributed by atoms with E-state index in [1.165, 1.54) is 0 Å². The highest BCUT2D eigenvalue weighted by molar-refractivity contribution is 7.92. The minimum atomic E-state index is -3.18. The molecule has 0 spiro atoms. The van der Waals surface area contributed by atoms with Crippen LogP contribution in [-0.4, -0.2) is 14.2 Å². The number of unbranched alkanes of at least 4 members (excludes halogenated alkanes) is 1. The lowest BCUT2D eigenvalue weighted by atomic mass is 10.1. The molecule has 0 bridgehead atoms. The number of hydrogen-bond donors (Lipinski definition) is 1. The molecule has 0 saturated carbocycles. The lowest BCUT2D eigenvalue weighted by molar-refractivity contribution is 0.598. The first-order chi connectivity index (χ1) is 7.43. The number of anilines is 1. The molecule has 0 heterocycles. The molecular formula is C12H19NO2S. The molecule has 0 aliphatic rings. The van der Waals surface area contributed by atoms with Crippen molar-refractivity contribution >= 4 is 15.7 Å². The van der Waals surface area contributed by atoms with Crippen LogP contribution >= 0.6 is 0 Å². The number of sulfonamides is 1. The van der Waals surface area contributed by atoms with Gasteiger partial charge < -0.3 is 0 Å². The Morgan fingerprint density at radius 3 is 2.19 bits per heavy atom. The van der Waals surface area contributed by atoms with Gasteiger partial charge in [0.2, 0.25) is 10.0 Å². The van der Waals surface area contributed by atoms with Crippen LogP contribution in [0.1, 0.15) is 30.9 Å². The van der Waals surface area contributed by atoms with Gasteiger partial charge in [-0.2, -0.15) is 0 Å². The number of benzene rings is 1. The Morgan fingerprint density at radius 2 is 1.69 bits per heavy atom. The van der Waals surface area contributed by atoms with Gasteiger partial charge in [0.15, 0.2) is 0 Å². The Morgan fingerprint density at radius 1 is 1.12 bits per heavy atom. The highest BCUT2D eigenvalue weighted by Gasteiger charge is 2.09. The van der Waals surface area contributed by atoms with Gasteiger partial charge in [0.05, 0.1) is 5.75 Å². The van der Waals surface area contributed by atoms with Crippen LogP contribution in [0, 0.1) is 13.8 Å². The maximum atomic E-state index is 11.7. The highest BCUT2D eigenvalue weighted by Crippen LogP contribution is 2.15. The van der Waals surface area contributed by atoms with Crippen LogP contribution in [0.3, 0.4) is 0 Å². The summed E-state index contributed by atoms with van der Waals surface area (Å²) in [5.41, 5.74) is 2.79. The lowest BCUT2D eigenvalue weighted by Crippen LogP contribution is -2.16. The zero-order valence-corrected chi connectivity index (χ0v) is 10.9. The Bertz CT molecular complexity index is 432. The van der Waals surface area contributed by atoms with Crippen molar-refractivity contribution in [2.45, 2.75) is 33.6 Å². The SMILES string of the molecule is CCCCS(=O)(=O)Nc1cc(C)cc(C)c1. The molecule has 16 heavy (non-hydrogen) atoms. The van der Waals surface area contributed by atoms with Crippen LogP contribution in [0.15, 0.2) is 18.2 Å². The van der Waals surface area contributed by atoms with E-state index >= 15 is 0 Å². The van der Waals surface area contributed by atoms with E-state index < -0.39 is 10.0 Å². The second-order valence-electron chi connectivity index (χ2n) is 4.15. The largest absolute Gasteiger partial charge is 0.284 e. The minimum absolute atomic E-state index is 0.191. The molecule has 1 aromatic rings. The van der Waals surface area contributed by atoms with Crippen molar-refractivity contribution in [3.63, 3.8) is 0 Å². The standard InChI is InChI=1S/C12H19NO2S/c1-4-5-6-16(14,15)13-12-8-10(2)7-11(3)9-12/h7-9,13H,4-6H2,1-3H3. The fraction of sp³-hybridized carbons (Fsp3) is 0.500. The summed E-state index contributed by atoms with van der Waals surface area (Å²) in [6.07, 6.45) is 1.58. The molecule has 0 aliphatic heterocycles. The van der Waals surface area contributed by atoms with Crippen LogP contribution in [0.25, 0.3) is 0 Å². The average Bonchev–Trinajstić information content (AvgIpc) is 2.12. The molecule has 90 valence electrons. The summed E-state index contributed by atoms with van der Waals surface area (Å²) in [5, 5.41) is 0. The van der Waals surface area contributed by atoms with E-state index in [1.807, 2.05) is 39.0 Å². The van der Waals surface area contributed by atoms with Gasteiger partial charge in [-0.3, -0.25) is 4.72 Å². The first-order valence-electron chi connectivity index (χ1n) is 5.52. The number of rotatable bonds is 5. The first-order valence-corrected chi connectivity index (χ1v) is 7.17. The number of nitrogens with one attached hydrogen (secondary N) is 1. The normalized spacial score (nSPS) is 11.4. The second kappa shape index (κ2) is 5.34. The van der Waals surface area contributed by atoms with E-state index in [2.05, 4.69) is 4.72 Å². The summed E-state index contributed by atoms with van der Waals surface area (Å²) in [6, 6.07) is 5.71. The third-order valence-electron chi connectivity index (χ3n) is 2.26. The summed E-state index contributed by atoms with van der Waals surface area (Å²) in [7, 11) is -3.18. The molecule has 0 amide bonds. The molecule has 0 saturated heterocycles. The van der Waals surface area contributed by atoms with E-state index in [0.29, 0.717) is 12.1 Å². The van der Waals surface area contributed by atoms with Crippen molar-refractivity contribution in [3.8, 4) is 0 Å². The smallest absolute Gasteiger partial charge is 0.232 e. The van der Waals surface area contributed by atoms with Crippen LogP contribution in [0.4, 0.5) is 5.69 Å². The molecule has 1 rings (SSSR count). The van der Waals surface area contributed by atoms with E-state index in [4.69, 9.17) is 0 Å². The molecule has 0 radical (unpaired) electrons. The third kappa shape index (κ3) is 4.23. The lowest BCUT2D eigenvalue weighted by Gasteiger charge is -2.09. The summed E-state index contributed by atoms with van der Waals surface area (Å²) in [5.74, 6) is 0.191. The predicted molar refractivity (Wildman–Crippen MR) is 68.2 cm³/mol. The fourth-order valence-electron chi connectivity index (χ4n) is 1.60. The molecule has 4 heteroatoms. The fourth-order valence-corrected chi connectivity index (χ4v) is 2.85. The molecule has 0 aromatic heterocycles. The number of aryl methyl sites for hydroxylation is 2. The van der Waals surface area contributed by atoms with Gasteiger partial charge in [-0.15, -0.1) is 0 Å². The molecule has 0 fully saturated rings. The highest BCUT2D eigenvalue weighted by atomic mass is 32.2. The van der Waals surface area contributed by atoms with Crippen molar-refractivity contribution in [1.29, 1.82) is 0 Å². The van der Waals surface area contributed by atoms with Crippen LogP contribution in [0.2, 0.25) is 0 Å². The molecule has 1 aromatic carbocycles. The van der Waals surface area contributed by atoms with Gasteiger partial charge in [0, 0.05) is 5.69 Å². The number of hydrogen-bond acceptors (Lipinski definition) is 2. The maximum absolute atomic E-state index is 11.7. The predicted octanol–water partition coefficient (Wildman–Crippen LogP) is 2.85. The molecule has 3 nitrogen and oxygen atoms in total. The van der Waals surface area contributed by atoms with Crippen molar-refractivity contribution in [2.75, 3.05) is 10.5 Å². The summed E-state index contributed by atoms with van der Waals surface area (Å²) < 4.78 is 25.9. The Hall–Kier alpha value is -1.03. The van der Waals surface area contributed by atoms with Crippen LogP contribution in [-0.2, 0) is 10.0 Å². The quantitative estimate of drug-likeness (QED) is 0.861. The maximum Gasteiger partial charge on any atom is 0.232 e. The zero-order valence-electron chi connectivity index (χ0n) is 10.1. The van der Waals surface area contributed by atoms with Gasteiger partial charge in [0.25, 0.3) is 0 Å². The summed E-state index contributed by atoms with van der Waals surface area (Å²) in [4.78, 5) is 0. The summed E-state index contributed by atoms with van der Waals surface area (Å²) >= 11 is 0. The van der Waals surface area contributed by atoms with Crippen molar-refractivity contribution in [1.82, 2.24) is 0 Å². The van der Waals surface area contributed by atoms with Gasteiger partial charge in [-0.1, -0.05) is 19.4 Å². The zero-order chi connectivity index (χ0) is 12.2. The molecule has 0 unspecified atom stereocenters. The van der Waals surface area contributed by atoms with E-state index in [0.717, 1.165) is 17.5 Å². The molecule has 1 N–H and O–H groups in total. The van der Waals surface area contributed by atoms with Crippen LogP contribution in [0.5, 0.6) is 0 Å². The Kier molecular flexibility index (Phi) is 4.35. The minimum Gasteiger partial charge on any atom is -0.284 e. The Balaban J connectivity index is 2.80. The van der Waals surface area contributed by atoms with Crippen molar-refractivity contribution in [2.24, 2.45) is 0 Å². The third-order valence-corrected chi connectivity index (χ3v) is 3.63. The molecule has 0 atom stereocenters. The van der Waals surface area contributed by atoms with Crippen LogP contribution < -0.4 is 4.72 Å². The average molecular weight is 241 g/mol. The van der Waals surface area contributed by atoms with E-state index in [-0.39, 0.29) is 5.75 Å². The van der Waals surface area contributed by atoms with Gasteiger partial charge in [-0.25, -0.2) is 8.42 Å². The Labute approximate surface area is 97.9 Å². The van der Waals surface area contributed by atoms with Gasteiger partial charge in [-0.05, 0) is 43.5 Å². The van der Waals surface area contributed by atoms with Gasteiger partial charge in [0.1, 0.15) is 0 Å². The van der Waals surface area contributed by atoms with E-state index in [1.54, 1.807) is 0 Å². The topological polar surface area (TPSA) is 46.2 Å². The monoisotopic (exact) mass is 241 g/mol. The second-order valence-corrected chi connectivity index (χ2v) is 5.99. The van der Waals surface area contributed by atoms with Crippen molar-refractivity contribution < 1.29 is 8.42 Å². The van der Waals surface area contributed by atoms with Crippen molar-refractivity contribution in [3.05, 3.63) is 29.3 Å². The van der Waals surface area contributed by atoms with E-state index in [9.17, 15) is 8.42 Å². The summed E-state index contributed by atoms with van der Waals surface area (Å²) in [6.45, 7) is 5.89. The first kappa shape index (κ1) is 13.0. The molecule has 0 aliphatic carbocycles.